The van der Waals surface area contributed by atoms with Crippen molar-refractivity contribution in [3.63, 3.8) is 0 Å². The minimum atomic E-state index is -0.108. The molecule has 29 heavy (non-hydrogen) atoms. The predicted molar refractivity (Wildman–Crippen MR) is 113 cm³/mol. The van der Waals surface area contributed by atoms with Crippen LogP contribution in [0.1, 0.15) is 11.1 Å². The van der Waals surface area contributed by atoms with Crippen LogP contribution in [-0.2, 0) is 10.5 Å². The minimum absolute atomic E-state index is 0.108. The standard InChI is InChI=1S/C22H19N3O3S/c1-27-19-4-2-3-5-20(19)28-22-11-10-18(13-24-22)25-21(26)15-29-14-17-8-6-16(12-23)7-9-17/h2-11,13H,14-15H2,1H3,(H,25,26). The number of hydrogen-bond donors (Lipinski definition) is 1. The number of para-hydroxylation sites is 2. The van der Waals surface area contributed by atoms with Crippen molar-refractivity contribution in [1.29, 1.82) is 5.26 Å². The van der Waals surface area contributed by atoms with E-state index in [9.17, 15) is 4.79 Å². The zero-order chi connectivity index (χ0) is 20.5. The van der Waals surface area contributed by atoms with E-state index >= 15 is 0 Å². The summed E-state index contributed by atoms with van der Waals surface area (Å²) in [6, 6.07) is 20.2. The summed E-state index contributed by atoms with van der Waals surface area (Å²) in [5.41, 5.74) is 2.30. The Morgan fingerprint density at radius 1 is 1.10 bits per heavy atom. The summed E-state index contributed by atoms with van der Waals surface area (Å²) in [5.74, 6) is 2.50. The monoisotopic (exact) mass is 405 g/mol. The molecule has 3 aromatic rings. The van der Waals surface area contributed by atoms with Crippen LogP contribution in [0.5, 0.6) is 17.4 Å². The number of nitrogens with one attached hydrogen (secondary N) is 1. The van der Waals surface area contributed by atoms with E-state index in [2.05, 4.69) is 16.4 Å². The van der Waals surface area contributed by atoms with Crippen molar-refractivity contribution in [2.45, 2.75) is 5.75 Å². The Morgan fingerprint density at radius 2 is 1.86 bits per heavy atom. The number of rotatable bonds is 8. The number of nitrogens with zero attached hydrogens (tertiary/aromatic N) is 2. The van der Waals surface area contributed by atoms with E-state index < -0.39 is 0 Å². The number of thioether (sulfide) groups is 1. The molecule has 0 atom stereocenters. The van der Waals surface area contributed by atoms with Gasteiger partial charge in [-0.15, -0.1) is 11.8 Å². The van der Waals surface area contributed by atoms with Crippen molar-refractivity contribution < 1.29 is 14.3 Å². The van der Waals surface area contributed by atoms with Crippen LogP contribution in [0, 0.1) is 11.3 Å². The highest BCUT2D eigenvalue weighted by atomic mass is 32.2. The summed E-state index contributed by atoms with van der Waals surface area (Å²) in [4.78, 5) is 16.3. The summed E-state index contributed by atoms with van der Waals surface area (Å²) in [6.45, 7) is 0. The smallest absolute Gasteiger partial charge is 0.234 e. The second-order valence-electron chi connectivity index (χ2n) is 5.99. The van der Waals surface area contributed by atoms with Crippen LogP contribution in [0.2, 0.25) is 0 Å². The van der Waals surface area contributed by atoms with Gasteiger partial charge in [-0.3, -0.25) is 4.79 Å². The highest BCUT2D eigenvalue weighted by molar-refractivity contribution is 7.99. The van der Waals surface area contributed by atoms with Crippen molar-refractivity contribution in [3.8, 4) is 23.4 Å². The van der Waals surface area contributed by atoms with Crippen molar-refractivity contribution in [1.82, 2.24) is 4.98 Å². The maximum Gasteiger partial charge on any atom is 0.234 e. The molecule has 0 aliphatic rings. The van der Waals surface area contributed by atoms with Gasteiger partial charge in [0.2, 0.25) is 11.8 Å². The number of pyridine rings is 1. The van der Waals surface area contributed by atoms with E-state index in [0.29, 0.717) is 40.1 Å². The molecule has 1 heterocycles. The molecule has 1 aromatic heterocycles. The molecule has 1 N–H and O–H groups in total. The van der Waals surface area contributed by atoms with Crippen molar-refractivity contribution >= 4 is 23.4 Å². The number of methoxy groups -OCH3 is 1. The lowest BCUT2D eigenvalue weighted by molar-refractivity contribution is -0.113. The molecule has 0 fully saturated rings. The lowest BCUT2D eigenvalue weighted by atomic mass is 10.2. The van der Waals surface area contributed by atoms with E-state index in [-0.39, 0.29) is 5.91 Å². The molecule has 0 radical (unpaired) electrons. The third kappa shape index (κ3) is 5.99. The minimum Gasteiger partial charge on any atom is -0.493 e. The van der Waals surface area contributed by atoms with Gasteiger partial charge in [0, 0.05) is 11.8 Å². The summed E-state index contributed by atoms with van der Waals surface area (Å²) in [5, 5.41) is 11.6. The molecule has 1 amide bonds. The maximum absolute atomic E-state index is 12.1. The summed E-state index contributed by atoms with van der Waals surface area (Å²) >= 11 is 1.50. The topological polar surface area (TPSA) is 84.2 Å². The van der Waals surface area contributed by atoms with Gasteiger partial charge in [0.05, 0.1) is 36.4 Å². The lowest BCUT2D eigenvalue weighted by Crippen LogP contribution is -2.14. The first-order chi connectivity index (χ1) is 14.2. The van der Waals surface area contributed by atoms with Gasteiger partial charge in [-0.25, -0.2) is 4.98 Å². The van der Waals surface area contributed by atoms with Crippen LogP contribution < -0.4 is 14.8 Å². The van der Waals surface area contributed by atoms with E-state index in [1.54, 1.807) is 49.7 Å². The molecule has 6 nitrogen and oxygen atoms in total. The van der Waals surface area contributed by atoms with Gasteiger partial charge in [-0.2, -0.15) is 5.26 Å². The van der Waals surface area contributed by atoms with Crippen molar-refractivity contribution in [3.05, 3.63) is 78.0 Å². The highest BCUT2D eigenvalue weighted by Crippen LogP contribution is 2.30. The van der Waals surface area contributed by atoms with Crippen LogP contribution in [-0.4, -0.2) is 23.8 Å². The number of hydrogen-bond acceptors (Lipinski definition) is 6. The van der Waals surface area contributed by atoms with Gasteiger partial charge in [-0.05, 0) is 35.9 Å². The van der Waals surface area contributed by atoms with Crippen LogP contribution in [0.25, 0.3) is 0 Å². The van der Waals surface area contributed by atoms with E-state index in [1.165, 1.54) is 11.8 Å². The fraction of sp³-hybridized carbons (Fsp3) is 0.136. The lowest BCUT2D eigenvalue weighted by Gasteiger charge is -2.10. The third-order valence-electron chi connectivity index (χ3n) is 3.89. The molecule has 146 valence electrons. The number of anilines is 1. The quantitative estimate of drug-likeness (QED) is 0.588. The second kappa shape index (κ2) is 10.2. The fourth-order valence-electron chi connectivity index (χ4n) is 2.46. The Bertz CT molecular complexity index is 999. The van der Waals surface area contributed by atoms with E-state index in [1.807, 2.05) is 24.3 Å². The van der Waals surface area contributed by atoms with Gasteiger partial charge in [0.25, 0.3) is 0 Å². The average Bonchev–Trinajstić information content (AvgIpc) is 2.76. The maximum atomic E-state index is 12.1. The molecule has 0 bridgehead atoms. The Labute approximate surface area is 173 Å². The Hall–Kier alpha value is -3.50. The van der Waals surface area contributed by atoms with Gasteiger partial charge in [0.1, 0.15) is 0 Å². The SMILES string of the molecule is COc1ccccc1Oc1ccc(NC(=O)CSCc2ccc(C#N)cc2)cn1. The largest absolute Gasteiger partial charge is 0.493 e. The zero-order valence-corrected chi connectivity index (χ0v) is 16.6. The average molecular weight is 405 g/mol. The molecule has 0 aliphatic carbocycles. The summed E-state index contributed by atoms with van der Waals surface area (Å²) in [6.07, 6.45) is 1.55. The number of amides is 1. The molecule has 0 unspecified atom stereocenters. The first-order valence-electron chi connectivity index (χ1n) is 8.81. The van der Waals surface area contributed by atoms with Gasteiger partial charge in [-0.1, -0.05) is 24.3 Å². The summed E-state index contributed by atoms with van der Waals surface area (Å²) < 4.78 is 11.0. The number of aromatic nitrogens is 1. The fourth-order valence-corrected chi connectivity index (χ4v) is 3.25. The zero-order valence-electron chi connectivity index (χ0n) is 15.8. The molecule has 7 heteroatoms. The van der Waals surface area contributed by atoms with E-state index in [4.69, 9.17) is 14.7 Å². The number of nitriles is 1. The van der Waals surface area contributed by atoms with Crippen LogP contribution in [0.3, 0.4) is 0 Å². The number of benzene rings is 2. The number of carbonyl (C=O) groups excluding carboxylic acids is 1. The number of ether oxygens (including phenoxy) is 2. The number of carbonyl (C=O) groups is 1. The van der Waals surface area contributed by atoms with E-state index in [0.717, 1.165) is 5.56 Å². The molecule has 0 saturated heterocycles. The van der Waals surface area contributed by atoms with Gasteiger partial charge in [0.15, 0.2) is 11.5 Å². The Morgan fingerprint density at radius 3 is 2.52 bits per heavy atom. The first-order valence-corrected chi connectivity index (χ1v) is 9.97. The van der Waals surface area contributed by atoms with Crippen LogP contribution >= 0.6 is 11.8 Å². The molecule has 0 saturated carbocycles. The Kier molecular flexibility index (Phi) is 7.09. The van der Waals surface area contributed by atoms with Crippen molar-refractivity contribution in [2.75, 3.05) is 18.2 Å². The van der Waals surface area contributed by atoms with Gasteiger partial charge < -0.3 is 14.8 Å². The molecular weight excluding hydrogens is 386 g/mol. The van der Waals surface area contributed by atoms with Crippen molar-refractivity contribution in [2.24, 2.45) is 0 Å². The predicted octanol–water partition coefficient (Wildman–Crippen LogP) is 4.63. The molecule has 2 aromatic carbocycles. The molecule has 0 spiro atoms. The van der Waals surface area contributed by atoms with Crippen LogP contribution in [0.4, 0.5) is 5.69 Å². The highest BCUT2D eigenvalue weighted by Gasteiger charge is 2.07. The first kappa shape index (κ1) is 20.2. The van der Waals surface area contributed by atoms with Crippen LogP contribution in [0.15, 0.2) is 66.9 Å². The third-order valence-corrected chi connectivity index (χ3v) is 4.89. The summed E-state index contributed by atoms with van der Waals surface area (Å²) in [7, 11) is 1.58. The molecule has 0 aliphatic heterocycles. The van der Waals surface area contributed by atoms with Gasteiger partial charge >= 0.3 is 0 Å². The molecular formula is C22H19N3O3S. The normalized spacial score (nSPS) is 10.1. The molecule has 3 rings (SSSR count). The Balaban J connectivity index is 1.47. The second-order valence-corrected chi connectivity index (χ2v) is 6.97.